The third-order valence-corrected chi connectivity index (χ3v) is 3.34. The number of rotatable bonds is 8. The molecule has 0 saturated heterocycles. The molecular weight excluding hydrogens is 251 g/mol. The maximum absolute atomic E-state index is 13.7. The van der Waals surface area contributed by atoms with Crippen molar-refractivity contribution in [3.05, 3.63) is 35.1 Å². The molecule has 0 aromatic heterocycles. The van der Waals surface area contributed by atoms with Crippen molar-refractivity contribution >= 4 is 0 Å². The highest BCUT2D eigenvalue weighted by molar-refractivity contribution is 5.24. The van der Waals surface area contributed by atoms with Crippen molar-refractivity contribution in [1.29, 1.82) is 0 Å². The van der Waals surface area contributed by atoms with Gasteiger partial charge >= 0.3 is 0 Å². The van der Waals surface area contributed by atoms with Crippen molar-refractivity contribution in [2.45, 2.75) is 51.5 Å². The normalized spacial score (nSPS) is 12.7. The van der Waals surface area contributed by atoms with Crippen LogP contribution in [0, 0.1) is 17.5 Å². The summed E-state index contributed by atoms with van der Waals surface area (Å²) in [5, 5.41) is 2.91. The highest BCUT2D eigenvalue weighted by Crippen LogP contribution is 2.26. The molecule has 0 amide bonds. The molecule has 1 atom stereocenters. The second kappa shape index (κ2) is 8.20. The molecule has 0 aliphatic heterocycles. The Bertz CT molecular complexity index is 370. The average molecular weight is 273 g/mol. The standard InChI is InChI=1S/C15H22F3N/c1-3-4-5-6-7-8-14(19-2)15-12(17)9-11(16)10-13(15)18/h9-10,14,19H,3-8H2,1-2H3. The lowest BCUT2D eigenvalue weighted by Crippen LogP contribution is -2.19. The quantitative estimate of drug-likeness (QED) is 0.675. The highest BCUT2D eigenvalue weighted by atomic mass is 19.1. The van der Waals surface area contributed by atoms with Gasteiger partial charge in [-0.1, -0.05) is 39.0 Å². The summed E-state index contributed by atoms with van der Waals surface area (Å²) >= 11 is 0. The summed E-state index contributed by atoms with van der Waals surface area (Å²) in [4.78, 5) is 0. The molecule has 19 heavy (non-hydrogen) atoms. The highest BCUT2D eigenvalue weighted by Gasteiger charge is 2.19. The predicted molar refractivity (Wildman–Crippen MR) is 71.5 cm³/mol. The molecule has 1 aromatic rings. The molecule has 0 bridgehead atoms. The van der Waals surface area contributed by atoms with Crippen LogP contribution in [0.15, 0.2) is 12.1 Å². The number of halogens is 3. The molecule has 0 saturated carbocycles. The first-order chi connectivity index (χ1) is 9.10. The fraction of sp³-hybridized carbons (Fsp3) is 0.600. The van der Waals surface area contributed by atoms with E-state index < -0.39 is 23.5 Å². The third-order valence-electron chi connectivity index (χ3n) is 3.34. The summed E-state index contributed by atoms with van der Waals surface area (Å²) in [5.41, 5.74) is -0.0561. The van der Waals surface area contributed by atoms with Gasteiger partial charge in [0.05, 0.1) is 0 Å². The van der Waals surface area contributed by atoms with E-state index in [9.17, 15) is 13.2 Å². The van der Waals surface area contributed by atoms with Crippen molar-refractivity contribution in [2.24, 2.45) is 0 Å². The van der Waals surface area contributed by atoms with Gasteiger partial charge in [0, 0.05) is 23.7 Å². The summed E-state index contributed by atoms with van der Waals surface area (Å²) in [6, 6.07) is 1.07. The molecule has 1 N–H and O–H groups in total. The van der Waals surface area contributed by atoms with Gasteiger partial charge in [0.25, 0.3) is 0 Å². The van der Waals surface area contributed by atoms with Crippen molar-refractivity contribution in [2.75, 3.05) is 7.05 Å². The predicted octanol–water partition coefficient (Wildman–Crippen LogP) is 4.72. The van der Waals surface area contributed by atoms with Crippen LogP contribution in [0.2, 0.25) is 0 Å². The smallest absolute Gasteiger partial charge is 0.133 e. The summed E-state index contributed by atoms with van der Waals surface area (Å²) < 4.78 is 40.2. The van der Waals surface area contributed by atoms with Gasteiger partial charge in [0.15, 0.2) is 0 Å². The van der Waals surface area contributed by atoms with Crippen LogP contribution in [0.4, 0.5) is 13.2 Å². The summed E-state index contributed by atoms with van der Waals surface area (Å²) in [7, 11) is 1.67. The first-order valence-corrected chi connectivity index (χ1v) is 6.91. The van der Waals surface area contributed by atoms with E-state index in [0.29, 0.717) is 6.42 Å². The molecule has 0 radical (unpaired) electrons. The average Bonchev–Trinajstić information content (AvgIpc) is 2.35. The van der Waals surface area contributed by atoms with Crippen LogP contribution in [-0.2, 0) is 0 Å². The second-order valence-corrected chi connectivity index (χ2v) is 4.83. The summed E-state index contributed by atoms with van der Waals surface area (Å²) in [6.07, 6.45) is 6.10. The maximum atomic E-state index is 13.7. The molecule has 0 spiro atoms. The van der Waals surface area contributed by atoms with Gasteiger partial charge < -0.3 is 5.32 Å². The van der Waals surface area contributed by atoms with Crippen LogP contribution in [0.3, 0.4) is 0 Å². The zero-order valence-corrected chi connectivity index (χ0v) is 11.6. The van der Waals surface area contributed by atoms with Crippen molar-refractivity contribution in [1.82, 2.24) is 5.32 Å². The zero-order valence-electron chi connectivity index (χ0n) is 11.6. The SMILES string of the molecule is CCCCCCCC(NC)c1c(F)cc(F)cc1F. The maximum Gasteiger partial charge on any atom is 0.133 e. The number of unbranched alkanes of at least 4 members (excludes halogenated alkanes) is 4. The molecular formula is C15H22F3N. The lowest BCUT2D eigenvalue weighted by Gasteiger charge is -2.18. The van der Waals surface area contributed by atoms with Crippen molar-refractivity contribution in [3.8, 4) is 0 Å². The van der Waals surface area contributed by atoms with E-state index in [1.807, 2.05) is 0 Å². The Labute approximate surface area is 113 Å². The van der Waals surface area contributed by atoms with E-state index in [0.717, 1.165) is 37.8 Å². The fourth-order valence-electron chi connectivity index (χ4n) is 2.27. The molecule has 0 fully saturated rings. The van der Waals surface area contributed by atoms with Crippen molar-refractivity contribution < 1.29 is 13.2 Å². The van der Waals surface area contributed by atoms with Crippen LogP contribution < -0.4 is 5.32 Å². The Balaban J connectivity index is 2.64. The first-order valence-electron chi connectivity index (χ1n) is 6.91. The van der Waals surface area contributed by atoms with E-state index in [-0.39, 0.29) is 5.56 Å². The molecule has 0 heterocycles. The Morgan fingerprint density at radius 2 is 1.58 bits per heavy atom. The zero-order chi connectivity index (χ0) is 14.3. The van der Waals surface area contributed by atoms with E-state index in [1.165, 1.54) is 6.42 Å². The molecule has 1 nitrogen and oxygen atoms in total. The Morgan fingerprint density at radius 3 is 2.11 bits per heavy atom. The van der Waals surface area contributed by atoms with Crippen LogP contribution in [0.5, 0.6) is 0 Å². The Kier molecular flexibility index (Phi) is 6.92. The van der Waals surface area contributed by atoms with Gasteiger partial charge in [-0.15, -0.1) is 0 Å². The summed E-state index contributed by atoms with van der Waals surface area (Å²) in [6.45, 7) is 2.14. The monoisotopic (exact) mass is 273 g/mol. The molecule has 4 heteroatoms. The molecule has 1 rings (SSSR count). The lowest BCUT2D eigenvalue weighted by molar-refractivity contribution is 0.444. The number of hydrogen-bond acceptors (Lipinski definition) is 1. The van der Waals surface area contributed by atoms with Gasteiger partial charge in [-0.05, 0) is 13.5 Å². The molecule has 1 aromatic carbocycles. The van der Waals surface area contributed by atoms with Gasteiger partial charge in [-0.25, -0.2) is 13.2 Å². The van der Waals surface area contributed by atoms with Gasteiger partial charge in [0.2, 0.25) is 0 Å². The summed E-state index contributed by atoms with van der Waals surface area (Å²) in [5.74, 6) is -2.51. The van der Waals surface area contributed by atoms with Crippen LogP contribution in [-0.4, -0.2) is 7.05 Å². The van der Waals surface area contributed by atoms with E-state index in [1.54, 1.807) is 7.05 Å². The topological polar surface area (TPSA) is 12.0 Å². The third kappa shape index (κ3) is 4.86. The van der Waals surface area contributed by atoms with Gasteiger partial charge in [-0.2, -0.15) is 0 Å². The minimum absolute atomic E-state index is 0.0561. The van der Waals surface area contributed by atoms with E-state index in [4.69, 9.17) is 0 Å². The molecule has 0 aliphatic rings. The van der Waals surface area contributed by atoms with E-state index >= 15 is 0 Å². The fourth-order valence-corrected chi connectivity index (χ4v) is 2.27. The molecule has 0 aliphatic carbocycles. The first kappa shape index (κ1) is 16.0. The minimum Gasteiger partial charge on any atom is -0.313 e. The van der Waals surface area contributed by atoms with Crippen LogP contribution in [0.25, 0.3) is 0 Å². The van der Waals surface area contributed by atoms with Crippen LogP contribution in [0.1, 0.15) is 57.1 Å². The Hall–Kier alpha value is -1.03. The van der Waals surface area contributed by atoms with Crippen molar-refractivity contribution in [3.63, 3.8) is 0 Å². The van der Waals surface area contributed by atoms with Gasteiger partial charge in [0.1, 0.15) is 17.5 Å². The second-order valence-electron chi connectivity index (χ2n) is 4.83. The van der Waals surface area contributed by atoms with E-state index in [2.05, 4.69) is 12.2 Å². The number of benzene rings is 1. The Morgan fingerprint density at radius 1 is 1.00 bits per heavy atom. The van der Waals surface area contributed by atoms with Gasteiger partial charge in [-0.3, -0.25) is 0 Å². The molecule has 108 valence electrons. The van der Waals surface area contributed by atoms with Crippen LogP contribution >= 0.6 is 0 Å². The largest absolute Gasteiger partial charge is 0.313 e. The lowest BCUT2D eigenvalue weighted by atomic mass is 9.98. The number of hydrogen-bond donors (Lipinski definition) is 1. The number of nitrogens with one attached hydrogen (secondary N) is 1. The minimum atomic E-state index is -0.878. The molecule has 1 unspecified atom stereocenters.